The van der Waals surface area contributed by atoms with E-state index >= 15 is 0 Å². The molecule has 1 unspecified atom stereocenters. The Balaban J connectivity index is 3.00. The highest BCUT2D eigenvalue weighted by molar-refractivity contribution is 6.31. The van der Waals surface area contributed by atoms with E-state index in [4.69, 9.17) is 16.7 Å². The van der Waals surface area contributed by atoms with Crippen LogP contribution in [-0.4, -0.2) is 30.8 Å². The lowest BCUT2D eigenvalue weighted by Gasteiger charge is -2.16. The third-order valence-electron chi connectivity index (χ3n) is 2.20. The molecule has 0 aromatic heterocycles. The molecule has 0 amide bonds. The van der Waals surface area contributed by atoms with E-state index in [1.807, 2.05) is 0 Å². The average Bonchev–Trinajstić information content (AvgIpc) is 2.26. The summed E-state index contributed by atoms with van der Waals surface area (Å²) < 4.78 is 42.4. The summed E-state index contributed by atoms with van der Waals surface area (Å²) in [4.78, 5) is 10.9. The Morgan fingerprint density at radius 3 is 2.58 bits per heavy atom. The van der Waals surface area contributed by atoms with Crippen molar-refractivity contribution in [3.05, 3.63) is 28.8 Å². The summed E-state index contributed by atoms with van der Waals surface area (Å²) >= 11 is 5.58. The minimum atomic E-state index is -4.55. The van der Waals surface area contributed by atoms with Gasteiger partial charge in [0.15, 0.2) is 0 Å². The molecule has 2 N–H and O–H groups in total. The van der Waals surface area contributed by atoms with Crippen LogP contribution in [0.5, 0.6) is 0 Å². The molecule has 0 saturated carbocycles. The molecule has 0 fully saturated rings. The predicted molar refractivity (Wildman–Crippen MR) is 63.4 cm³/mol. The normalized spacial score (nSPS) is 13.1. The van der Waals surface area contributed by atoms with Gasteiger partial charge in [0.05, 0.1) is 12.2 Å². The Bertz CT molecular complexity index is 465. The van der Waals surface area contributed by atoms with Gasteiger partial charge in [0.25, 0.3) is 0 Å². The van der Waals surface area contributed by atoms with Crippen molar-refractivity contribution in [2.45, 2.75) is 12.2 Å². The molecule has 0 radical (unpaired) electrons. The number of ether oxygens (including phenoxy) is 1. The molecule has 106 valence electrons. The SMILES string of the molecule is COCC(Nc1cc(Cl)cc(C(F)(F)F)c1)C(=O)O. The van der Waals surface area contributed by atoms with Gasteiger partial charge in [0, 0.05) is 17.8 Å². The number of benzene rings is 1. The van der Waals surface area contributed by atoms with Gasteiger partial charge >= 0.3 is 12.1 Å². The Morgan fingerprint density at radius 1 is 1.47 bits per heavy atom. The number of hydrogen-bond donors (Lipinski definition) is 2. The highest BCUT2D eigenvalue weighted by Gasteiger charge is 2.31. The number of alkyl halides is 3. The number of halogens is 4. The maximum absolute atomic E-state index is 12.6. The second-order valence-corrected chi connectivity index (χ2v) is 4.15. The molecular formula is C11H11ClF3NO3. The number of aliphatic carboxylic acids is 1. The van der Waals surface area contributed by atoms with Gasteiger partial charge < -0.3 is 15.2 Å². The number of carboxylic acid groups (broad SMARTS) is 1. The molecule has 0 heterocycles. The average molecular weight is 298 g/mol. The van der Waals surface area contributed by atoms with E-state index < -0.39 is 23.8 Å². The Hall–Kier alpha value is -1.47. The van der Waals surface area contributed by atoms with Crippen molar-refractivity contribution in [3.8, 4) is 0 Å². The fraction of sp³-hybridized carbons (Fsp3) is 0.364. The van der Waals surface area contributed by atoms with E-state index in [-0.39, 0.29) is 17.3 Å². The number of carbonyl (C=O) groups is 1. The van der Waals surface area contributed by atoms with Crippen LogP contribution >= 0.6 is 11.6 Å². The van der Waals surface area contributed by atoms with E-state index in [9.17, 15) is 18.0 Å². The molecule has 0 spiro atoms. The van der Waals surface area contributed by atoms with Crippen LogP contribution < -0.4 is 5.32 Å². The molecule has 19 heavy (non-hydrogen) atoms. The van der Waals surface area contributed by atoms with Gasteiger partial charge in [-0.3, -0.25) is 0 Å². The van der Waals surface area contributed by atoms with E-state index in [0.29, 0.717) is 0 Å². The highest BCUT2D eigenvalue weighted by atomic mass is 35.5. The van der Waals surface area contributed by atoms with E-state index in [0.717, 1.165) is 12.1 Å². The maximum atomic E-state index is 12.6. The lowest BCUT2D eigenvalue weighted by atomic mass is 10.1. The molecule has 0 aliphatic carbocycles. The number of rotatable bonds is 5. The quantitative estimate of drug-likeness (QED) is 0.877. The van der Waals surface area contributed by atoms with E-state index in [1.165, 1.54) is 13.2 Å². The molecule has 1 aromatic carbocycles. The minimum Gasteiger partial charge on any atom is -0.480 e. The molecule has 0 aliphatic rings. The van der Waals surface area contributed by atoms with Crippen molar-refractivity contribution in [3.63, 3.8) is 0 Å². The summed E-state index contributed by atoms with van der Waals surface area (Å²) in [6, 6.07) is 1.60. The van der Waals surface area contributed by atoms with Crippen LogP contribution in [0.2, 0.25) is 5.02 Å². The molecule has 1 atom stereocenters. The van der Waals surface area contributed by atoms with Crippen LogP contribution in [0.4, 0.5) is 18.9 Å². The third kappa shape index (κ3) is 4.60. The van der Waals surface area contributed by atoms with Gasteiger partial charge in [-0.1, -0.05) is 11.6 Å². The van der Waals surface area contributed by atoms with Crippen LogP contribution in [-0.2, 0) is 15.7 Å². The second-order valence-electron chi connectivity index (χ2n) is 3.72. The summed E-state index contributed by atoms with van der Waals surface area (Å²) in [6.45, 7) is -0.191. The first-order valence-electron chi connectivity index (χ1n) is 5.10. The van der Waals surface area contributed by atoms with Crippen LogP contribution in [0.3, 0.4) is 0 Å². The molecule has 4 nitrogen and oxygen atoms in total. The van der Waals surface area contributed by atoms with Gasteiger partial charge in [-0.05, 0) is 18.2 Å². The number of carboxylic acids is 1. The number of hydrogen-bond acceptors (Lipinski definition) is 3. The zero-order chi connectivity index (χ0) is 14.6. The summed E-state index contributed by atoms with van der Waals surface area (Å²) in [5, 5.41) is 11.2. The Labute approximate surface area is 112 Å². The van der Waals surface area contributed by atoms with Gasteiger partial charge in [-0.2, -0.15) is 13.2 Å². The van der Waals surface area contributed by atoms with Crippen molar-refractivity contribution < 1.29 is 27.8 Å². The topological polar surface area (TPSA) is 58.6 Å². The third-order valence-corrected chi connectivity index (χ3v) is 2.42. The van der Waals surface area contributed by atoms with Crippen molar-refractivity contribution in [1.82, 2.24) is 0 Å². The second kappa shape index (κ2) is 6.12. The standard InChI is InChI=1S/C11H11ClF3NO3/c1-19-5-9(10(17)18)16-8-3-6(11(13,14)15)2-7(12)4-8/h2-4,9,16H,5H2,1H3,(H,17,18). The van der Waals surface area contributed by atoms with Gasteiger partial charge in [0.2, 0.25) is 0 Å². The first-order chi connectivity index (χ1) is 8.74. The summed E-state index contributed by atoms with van der Waals surface area (Å²) in [7, 11) is 1.29. The van der Waals surface area contributed by atoms with Gasteiger partial charge in [-0.25, -0.2) is 4.79 Å². The van der Waals surface area contributed by atoms with Crippen molar-refractivity contribution in [2.75, 3.05) is 19.0 Å². The predicted octanol–water partition coefficient (Wildman–Crippen LogP) is 2.87. The smallest absolute Gasteiger partial charge is 0.416 e. The Morgan fingerprint density at radius 2 is 2.11 bits per heavy atom. The van der Waals surface area contributed by atoms with Crippen molar-refractivity contribution >= 4 is 23.3 Å². The fourth-order valence-corrected chi connectivity index (χ4v) is 1.61. The molecule has 0 aliphatic heterocycles. The summed E-state index contributed by atoms with van der Waals surface area (Å²) in [6.07, 6.45) is -4.55. The zero-order valence-corrected chi connectivity index (χ0v) is 10.5. The number of methoxy groups -OCH3 is 1. The van der Waals surface area contributed by atoms with Crippen molar-refractivity contribution in [1.29, 1.82) is 0 Å². The first kappa shape index (κ1) is 15.6. The minimum absolute atomic E-state index is 0.0377. The van der Waals surface area contributed by atoms with Crippen molar-refractivity contribution in [2.24, 2.45) is 0 Å². The Kier molecular flexibility index (Phi) is 5.02. The molecule has 1 rings (SSSR count). The lowest BCUT2D eigenvalue weighted by Crippen LogP contribution is -2.33. The fourth-order valence-electron chi connectivity index (χ4n) is 1.38. The number of nitrogens with one attached hydrogen (secondary N) is 1. The summed E-state index contributed by atoms with van der Waals surface area (Å²) in [5.74, 6) is -1.24. The molecule has 0 bridgehead atoms. The first-order valence-corrected chi connectivity index (χ1v) is 5.48. The van der Waals surface area contributed by atoms with Crippen LogP contribution in [0.1, 0.15) is 5.56 Å². The van der Waals surface area contributed by atoms with Crippen LogP contribution in [0.25, 0.3) is 0 Å². The molecule has 1 aromatic rings. The molecule has 0 saturated heterocycles. The van der Waals surface area contributed by atoms with Crippen LogP contribution in [0.15, 0.2) is 18.2 Å². The highest BCUT2D eigenvalue weighted by Crippen LogP contribution is 2.33. The monoisotopic (exact) mass is 297 g/mol. The largest absolute Gasteiger partial charge is 0.480 e. The van der Waals surface area contributed by atoms with Gasteiger partial charge in [-0.15, -0.1) is 0 Å². The van der Waals surface area contributed by atoms with Crippen LogP contribution in [0, 0.1) is 0 Å². The maximum Gasteiger partial charge on any atom is 0.416 e. The van der Waals surface area contributed by atoms with E-state index in [2.05, 4.69) is 10.1 Å². The lowest BCUT2D eigenvalue weighted by molar-refractivity contribution is -0.139. The molecular weight excluding hydrogens is 287 g/mol. The molecule has 8 heteroatoms. The number of anilines is 1. The van der Waals surface area contributed by atoms with Gasteiger partial charge in [0.1, 0.15) is 6.04 Å². The van der Waals surface area contributed by atoms with E-state index in [1.54, 1.807) is 0 Å². The zero-order valence-electron chi connectivity index (χ0n) is 9.79. The summed E-state index contributed by atoms with van der Waals surface area (Å²) in [5.41, 5.74) is -0.992.